The Morgan fingerprint density at radius 1 is 1.17 bits per heavy atom. The number of hydrogen-bond donors (Lipinski definition) is 1. The lowest BCUT2D eigenvalue weighted by molar-refractivity contribution is -0.109. The minimum atomic E-state index is 0.561. The number of benzene rings is 1. The molecule has 1 heterocycles. The summed E-state index contributed by atoms with van der Waals surface area (Å²) in [5.74, 6) is 0. The van der Waals surface area contributed by atoms with Gasteiger partial charge in [-0.3, -0.25) is 9.80 Å². The second-order valence-electron chi connectivity index (χ2n) is 5.00. The van der Waals surface area contributed by atoms with Crippen molar-refractivity contribution in [3.05, 3.63) is 29.3 Å². The Morgan fingerprint density at radius 2 is 1.83 bits per heavy atom. The zero-order valence-electron chi connectivity index (χ0n) is 10.9. The molecule has 0 unspecified atom stereocenters. The molecule has 0 spiro atoms. The first kappa shape index (κ1) is 13.1. The van der Waals surface area contributed by atoms with Crippen LogP contribution in [0.5, 0.6) is 0 Å². The van der Waals surface area contributed by atoms with Crippen molar-refractivity contribution in [1.29, 1.82) is 0 Å². The maximum absolute atomic E-state index is 10.5. The molecule has 1 aliphatic heterocycles. The van der Waals surface area contributed by atoms with Crippen molar-refractivity contribution in [2.45, 2.75) is 13.5 Å². The molecule has 0 saturated carbocycles. The summed E-state index contributed by atoms with van der Waals surface area (Å²) in [7, 11) is 0. The SMILES string of the molecule is Cc1cc(N)cc(CN2CCN(CC=O)CC2)c1. The minimum Gasteiger partial charge on any atom is -0.399 e. The standard InChI is InChI=1S/C14H21N3O/c1-12-8-13(10-14(15)9-12)11-17-4-2-16(3-5-17)6-7-18/h7-10H,2-6,11,15H2,1H3. The molecule has 18 heavy (non-hydrogen) atoms. The molecule has 0 aliphatic carbocycles. The summed E-state index contributed by atoms with van der Waals surface area (Å²) in [6.45, 7) is 7.55. The Bertz CT molecular complexity index is 391. The first-order valence-corrected chi connectivity index (χ1v) is 6.42. The van der Waals surface area contributed by atoms with Crippen LogP contribution < -0.4 is 5.73 Å². The van der Waals surface area contributed by atoms with Crippen LogP contribution in [-0.2, 0) is 11.3 Å². The van der Waals surface area contributed by atoms with E-state index >= 15 is 0 Å². The summed E-state index contributed by atoms with van der Waals surface area (Å²) in [5, 5.41) is 0. The zero-order chi connectivity index (χ0) is 13.0. The van der Waals surface area contributed by atoms with Crippen molar-refractivity contribution in [1.82, 2.24) is 9.80 Å². The van der Waals surface area contributed by atoms with Gasteiger partial charge in [0.05, 0.1) is 6.54 Å². The van der Waals surface area contributed by atoms with E-state index in [1.54, 1.807) is 0 Å². The molecule has 2 N–H and O–H groups in total. The van der Waals surface area contributed by atoms with Crippen LogP contribution in [0.4, 0.5) is 5.69 Å². The largest absolute Gasteiger partial charge is 0.399 e. The third kappa shape index (κ3) is 3.55. The predicted octanol–water partition coefficient (Wildman–Crippen LogP) is 0.894. The zero-order valence-corrected chi connectivity index (χ0v) is 10.9. The van der Waals surface area contributed by atoms with E-state index in [0.29, 0.717) is 6.54 Å². The average Bonchev–Trinajstić information content (AvgIpc) is 2.31. The van der Waals surface area contributed by atoms with E-state index in [-0.39, 0.29) is 0 Å². The van der Waals surface area contributed by atoms with Crippen molar-refractivity contribution in [2.75, 3.05) is 38.5 Å². The molecule has 0 aromatic heterocycles. The fourth-order valence-corrected chi connectivity index (χ4v) is 2.48. The highest BCUT2D eigenvalue weighted by molar-refractivity contribution is 5.52. The van der Waals surface area contributed by atoms with Gasteiger partial charge < -0.3 is 10.5 Å². The number of carbonyl (C=O) groups excluding carboxylic acids is 1. The van der Waals surface area contributed by atoms with Crippen LogP contribution in [0, 0.1) is 6.92 Å². The monoisotopic (exact) mass is 247 g/mol. The molecule has 1 aliphatic rings. The number of nitrogen functional groups attached to an aromatic ring is 1. The summed E-state index contributed by atoms with van der Waals surface area (Å²) in [6, 6.07) is 6.23. The Kier molecular flexibility index (Phi) is 4.33. The molecular weight excluding hydrogens is 226 g/mol. The molecule has 4 heteroatoms. The quantitative estimate of drug-likeness (QED) is 0.634. The van der Waals surface area contributed by atoms with Crippen LogP contribution in [0.2, 0.25) is 0 Å². The van der Waals surface area contributed by atoms with E-state index in [2.05, 4.69) is 22.8 Å². The van der Waals surface area contributed by atoms with Gasteiger partial charge in [0.2, 0.25) is 0 Å². The smallest absolute Gasteiger partial charge is 0.133 e. The van der Waals surface area contributed by atoms with Gasteiger partial charge >= 0.3 is 0 Å². The van der Waals surface area contributed by atoms with Crippen LogP contribution in [0.1, 0.15) is 11.1 Å². The molecule has 1 fully saturated rings. The van der Waals surface area contributed by atoms with Crippen LogP contribution in [-0.4, -0.2) is 48.8 Å². The molecule has 1 saturated heterocycles. The molecule has 0 amide bonds. The maximum atomic E-state index is 10.5. The number of hydrogen-bond acceptors (Lipinski definition) is 4. The Hall–Kier alpha value is -1.39. The van der Waals surface area contributed by atoms with Crippen molar-refractivity contribution in [3.8, 4) is 0 Å². The Labute approximate surface area is 108 Å². The van der Waals surface area contributed by atoms with Crippen molar-refractivity contribution in [2.24, 2.45) is 0 Å². The van der Waals surface area contributed by atoms with E-state index in [0.717, 1.165) is 44.7 Å². The number of aldehydes is 1. The van der Waals surface area contributed by atoms with Crippen molar-refractivity contribution < 1.29 is 4.79 Å². The number of nitrogens with zero attached hydrogens (tertiary/aromatic N) is 2. The van der Waals surface area contributed by atoms with Gasteiger partial charge in [-0.2, -0.15) is 0 Å². The fourth-order valence-electron chi connectivity index (χ4n) is 2.48. The molecule has 1 aromatic rings. The van der Waals surface area contributed by atoms with Crippen molar-refractivity contribution in [3.63, 3.8) is 0 Å². The van der Waals surface area contributed by atoms with E-state index in [4.69, 9.17) is 5.73 Å². The van der Waals surface area contributed by atoms with Crippen LogP contribution >= 0.6 is 0 Å². The number of aryl methyl sites for hydroxylation is 1. The van der Waals surface area contributed by atoms with Gasteiger partial charge in [0, 0.05) is 38.4 Å². The number of carbonyl (C=O) groups is 1. The number of piperazine rings is 1. The third-order valence-corrected chi connectivity index (χ3v) is 3.36. The summed E-state index contributed by atoms with van der Waals surface area (Å²) in [6.07, 6.45) is 0.983. The number of nitrogens with two attached hydrogens (primary N) is 1. The predicted molar refractivity (Wildman–Crippen MR) is 73.4 cm³/mol. The number of anilines is 1. The Morgan fingerprint density at radius 3 is 2.44 bits per heavy atom. The van der Waals surface area contributed by atoms with Gasteiger partial charge in [-0.15, -0.1) is 0 Å². The van der Waals surface area contributed by atoms with Gasteiger partial charge in [-0.05, 0) is 30.2 Å². The lowest BCUT2D eigenvalue weighted by Crippen LogP contribution is -2.46. The van der Waals surface area contributed by atoms with Gasteiger partial charge in [0.1, 0.15) is 6.29 Å². The third-order valence-electron chi connectivity index (χ3n) is 3.36. The van der Waals surface area contributed by atoms with E-state index in [1.807, 2.05) is 12.1 Å². The highest BCUT2D eigenvalue weighted by Crippen LogP contribution is 2.14. The molecule has 4 nitrogen and oxygen atoms in total. The summed E-state index contributed by atoms with van der Waals surface area (Å²) < 4.78 is 0. The highest BCUT2D eigenvalue weighted by atomic mass is 16.1. The van der Waals surface area contributed by atoms with Crippen LogP contribution in [0.15, 0.2) is 18.2 Å². The molecular formula is C14H21N3O. The molecule has 0 atom stereocenters. The van der Waals surface area contributed by atoms with Gasteiger partial charge in [-0.25, -0.2) is 0 Å². The van der Waals surface area contributed by atoms with Crippen LogP contribution in [0.25, 0.3) is 0 Å². The van der Waals surface area contributed by atoms with E-state index in [1.165, 1.54) is 11.1 Å². The summed E-state index contributed by atoms with van der Waals surface area (Å²) in [5.41, 5.74) is 9.19. The first-order valence-electron chi connectivity index (χ1n) is 6.42. The molecule has 1 aromatic carbocycles. The molecule has 0 bridgehead atoms. The molecule has 98 valence electrons. The normalized spacial score (nSPS) is 17.8. The maximum Gasteiger partial charge on any atom is 0.133 e. The van der Waals surface area contributed by atoms with Gasteiger partial charge in [0.15, 0.2) is 0 Å². The Balaban J connectivity index is 1.89. The van der Waals surface area contributed by atoms with E-state index in [9.17, 15) is 4.79 Å². The van der Waals surface area contributed by atoms with E-state index < -0.39 is 0 Å². The topological polar surface area (TPSA) is 49.6 Å². The average molecular weight is 247 g/mol. The lowest BCUT2D eigenvalue weighted by Gasteiger charge is -2.33. The van der Waals surface area contributed by atoms with Crippen molar-refractivity contribution >= 4 is 12.0 Å². The molecule has 2 rings (SSSR count). The first-order chi connectivity index (χ1) is 8.67. The highest BCUT2D eigenvalue weighted by Gasteiger charge is 2.16. The summed E-state index contributed by atoms with van der Waals surface area (Å²) in [4.78, 5) is 15.1. The van der Waals surface area contributed by atoms with Gasteiger partial charge in [-0.1, -0.05) is 6.07 Å². The number of rotatable bonds is 4. The van der Waals surface area contributed by atoms with Crippen LogP contribution in [0.3, 0.4) is 0 Å². The fraction of sp³-hybridized carbons (Fsp3) is 0.500. The second-order valence-corrected chi connectivity index (χ2v) is 5.00. The molecule has 0 radical (unpaired) electrons. The lowest BCUT2D eigenvalue weighted by atomic mass is 10.1. The summed E-state index contributed by atoms with van der Waals surface area (Å²) >= 11 is 0. The second kappa shape index (κ2) is 5.98. The minimum absolute atomic E-state index is 0.561. The van der Waals surface area contributed by atoms with Gasteiger partial charge in [0.25, 0.3) is 0 Å².